The van der Waals surface area contributed by atoms with Gasteiger partial charge in [0.25, 0.3) is 0 Å². The first-order chi connectivity index (χ1) is 8.08. The van der Waals surface area contributed by atoms with Crippen LogP contribution in [0.4, 0.5) is 5.82 Å². The van der Waals surface area contributed by atoms with Gasteiger partial charge in [-0.1, -0.05) is 12.1 Å². The van der Waals surface area contributed by atoms with Crippen molar-refractivity contribution in [3.8, 4) is 11.6 Å². The molecule has 0 saturated heterocycles. The largest absolute Gasteiger partial charge is 0.437 e. The number of nitrogens with two attached hydrogens (primary N) is 1. The van der Waals surface area contributed by atoms with Crippen LogP contribution in [0, 0.1) is 20.8 Å². The molecule has 2 rings (SSSR count). The van der Waals surface area contributed by atoms with Crippen molar-refractivity contribution < 1.29 is 4.74 Å². The quantitative estimate of drug-likeness (QED) is 0.860. The van der Waals surface area contributed by atoms with E-state index < -0.39 is 0 Å². The highest BCUT2D eigenvalue weighted by atomic mass is 16.5. The molecule has 0 aliphatic heterocycles. The van der Waals surface area contributed by atoms with E-state index in [9.17, 15) is 0 Å². The number of nitrogen functional groups attached to an aromatic ring is 1. The van der Waals surface area contributed by atoms with Crippen molar-refractivity contribution in [2.24, 2.45) is 0 Å². The Morgan fingerprint density at radius 1 is 0.941 bits per heavy atom. The highest BCUT2D eigenvalue weighted by Gasteiger charge is 2.08. The summed E-state index contributed by atoms with van der Waals surface area (Å²) in [6.07, 6.45) is 0. The van der Waals surface area contributed by atoms with Gasteiger partial charge in [-0.2, -0.15) is 0 Å². The second-order valence-electron chi connectivity index (χ2n) is 4.05. The van der Waals surface area contributed by atoms with Crippen molar-refractivity contribution in [2.45, 2.75) is 20.8 Å². The molecule has 0 aliphatic rings. The van der Waals surface area contributed by atoms with Crippen LogP contribution in [-0.2, 0) is 0 Å². The van der Waals surface area contributed by atoms with Gasteiger partial charge in [0, 0.05) is 6.07 Å². The van der Waals surface area contributed by atoms with Crippen molar-refractivity contribution in [1.82, 2.24) is 10.2 Å². The van der Waals surface area contributed by atoms with E-state index in [2.05, 4.69) is 23.2 Å². The topological polar surface area (TPSA) is 61.0 Å². The highest BCUT2D eigenvalue weighted by Crippen LogP contribution is 2.29. The van der Waals surface area contributed by atoms with Gasteiger partial charge in [-0.05, 0) is 43.5 Å². The molecule has 0 radical (unpaired) electrons. The van der Waals surface area contributed by atoms with Gasteiger partial charge in [0.05, 0.1) is 0 Å². The second kappa shape index (κ2) is 4.41. The molecule has 4 heteroatoms. The van der Waals surface area contributed by atoms with Crippen molar-refractivity contribution in [3.05, 3.63) is 41.0 Å². The normalized spacial score (nSPS) is 10.3. The Labute approximate surface area is 100 Å². The average Bonchev–Trinajstić information content (AvgIpc) is 2.32. The number of ether oxygens (including phenoxy) is 1. The molecule has 0 bridgehead atoms. The van der Waals surface area contributed by atoms with Gasteiger partial charge in [0.15, 0.2) is 0 Å². The molecule has 1 aromatic carbocycles. The zero-order chi connectivity index (χ0) is 12.4. The highest BCUT2D eigenvalue weighted by molar-refractivity contribution is 5.46. The maximum absolute atomic E-state index is 5.75. The predicted molar refractivity (Wildman–Crippen MR) is 67.2 cm³/mol. The number of aryl methyl sites for hydroxylation is 2. The van der Waals surface area contributed by atoms with Crippen LogP contribution in [0.2, 0.25) is 0 Å². The van der Waals surface area contributed by atoms with E-state index in [1.54, 1.807) is 12.1 Å². The number of hydrogen-bond acceptors (Lipinski definition) is 4. The van der Waals surface area contributed by atoms with Crippen LogP contribution in [0.25, 0.3) is 0 Å². The molecular weight excluding hydrogens is 214 g/mol. The molecule has 0 saturated carbocycles. The molecule has 88 valence electrons. The van der Waals surface area contributed by atoms with E-state index in [1.165, 1.54) is 5.56 Å². The van der Waals surface area contributed by atoms with Crippen LogP contribution < -0.4 is 10.5 Å². The molecule has 0 fully saturated rings. The minimum atomic E-state index is 0.384. The van der Waals surface area contributed by atoms with Gasteiger partial charge in [-0.25, -0.2) is 0 Å². The third-order valence-corrected chi connectivity index (χ3v) is 2.74. The first kappa shape index (κ1) is 11.4. The van der Waals surface area contributed by atoms with Crippen LogP contribution >= 0.6 is 0 Å². The molecule has 1 aromatic heterocycles. The van der Waals surface area contributed by atoms with E-state index in [0.717, 1.165) is 16.9 Å². The number of benzene rings is 1. The average molecular weight is 229 g/mol. The summed E-state index contributed by atoms with van der Waals surface area (Å²) in [7, 11) is 0. The van der Waals surface area contributed by atoms with Crippen molar-refractivity contribution in [3.63, 3.8) is 0 Å². The standard InChI is InChI=1S/C13H15N3O/c1-8-4-5-9(2)13(10(8)3)17-12-7-6-11(14)15-16-12/h4-7H,1-3H3,(H2,14,15). The van der Waals surface area contributed by atoms with Crippen LogP contribution in [0.1, 0.15) is 16.7 Å². The number of aromatic nitrogens is 2. The van der Waals surface area contributed by atoms with Gasteiger partial charge in [-0.3, -0.25) is 0 Å². The van der Waals surface area contributed by atoms with Gasteiger partial charge in [0.2, 0.25) is 5.88 Å². The van der Waals surface area contributed by atoms with Gasteiger partial charge < -0.3 is 10.5 Å². The summed E-state index contributed by atoms with van der Waals surface area (Å²) in [4.78, 5) is 0. The molecule has 0 spiro atoms. The summed E-state index contributed by atoms with van der Waals surface area (Å²) in [5, 5.41) is 7.65. The Morgan fingerprint density at radius 3 is 2.29 bits per heavy atom. The lowest BCUT2D eigenvalue weighted by Crippen LogP contribution is -1.98. The van der Waals surface area contributed by atoms with Crippen molar-refractivity contribution in [1.29, 1.82) is 0 Å². The summed E-state index contributed by atoms with van der Waals surface area (Å²) in [5.41, 5.74) is 8.85. The third-order valence-electron chi connectivity index (χ3n) is 2.74. The van der Waals surface area contributed by atoms with E-state index >= 15 is 0 Å². The van der Waals surface area contributed by atoms with E-state index in [-0.39, 0.29) is 0 Å². The van der Waals surface area contributed by atoms with Gasteiger partial charge in [-0.15, -0.1) is 10.2 Å². The molecule has 0 unspecified atom stereocenters. The Morgan fingerprint density at radius 2 is 1.65 bits per heavy atom. The van der Waals surface area contributed by atoms with Gasteiger partial charge >= 0.3 is 0 Å². The summed E-state index contributed by atoms with van der Waals surface area (Å²) in [6, 6.07) is 7.49. The fraction of sp³-hybridized carbons (Fsp3) is 0.231. The molecule has 0 aliphatic carbocycles. The minimum Gasteiger partial charge on any atom is -0.437 e. The molecule has 2 N–H and O–H groups in total. The Kier molecular flexibility index (Phi) is 2.95. The van der Waals surface area contributed by atoms with Crippen LogP contribution in [0.3, 0.4) is 0 Å². The molecule has 2 aromatic rings. The van der Waals surface area contributed by atoms with Crippen LogP contribution in [0.15, 0.2) is 24.3 Å². The Balaban J connectivity index is 2.36. The fourth-order valence-electron chi connectivity index (χ4n) is 1.57. The smallest absolute Gasteiger partial charge is 0.239 e. The molecule has 0 atom stereocenters. The number of rotatable bonds is 2. The monoisotopic (exact) mass is 229 g/mol. The minimum absolute atomic E-state index is 0.384. The zero-order valence-corrected chi connectivity index (χ0v) is 10.2. The predicted octanol–water partition coefficient (Wildman–Crippen LogP) is 2.78. The maximum atomic E-state index is 5.75. The third kappa shape index (κ3) is 2.36. The van der Waals surface area contributed by atoms with Crippen molar-refractivity contribution >= 4 is 5.82 Å². The van der Waals surface area contributed by atoms with E-state index in [1.807, 2.05) is 19.9 Å². The summed E-state index contributed by atoms with van der Waals surface area (Å²) >= 11 is 0. The fourth-order valence-corrected chi connectivity index (χ4v) is 1.57. The van der Waals surface area contributed by atoms with Crippen LogP contribution in [-0.4, -0.2) is 10.2 Å². The summed E-state index contributed by atoms with van der Waals surface area (Å²) < 4.78 is 5.75. The lowest BCUT2D eigenvalue weighted by Gasteiger charge is -2.12. The molecule has 0 amide bonds. The SMILES string of the molecule is Cc1ccc(C)c(Oc2ccc(N)nn2)c1C. The second-order valence-corrected chi connectivity index (χ2v) is 4.05. The summed E-state index contributed by atoms with van der Waals surface area (Å²) in [5.74, 6) is 1.68. The Hall–Kier alpha value is -2.10. The molecular formula is C13H15N3O. The van der Waals surface area contributed by atoms with Crippen molar-refractivity contribution in [2.75, 3.05) is 5.73 Å². The number of hydrogen-bond donors (Lipinski definition) is 1. The number of anilines is 1. The first-order valence-corrected chi connectivity index (χ1v) is 5.42. The van der Waals surface area contributed by atoms with E-state index in [4.69, 9.17) is 10.5 Å². The van der Waals surface area contributed by atoms with Gasteiger partial charge in [0.1, 0.15) is 11.6 Å². The zero-order valence-electron chi connectivity index (χ0n) is 10.2. The lowest BCUT2D eigenvalue weighted by molar-refractivity contribution is 0.448. The molecule has 4 nitrogen and oxygen atoms in total. The lowest BCUT2D eigenvalue weighted by atomic mass is 10.1. The van der Waals surface area contributed by atoms with Crippen LogP contribution in [0.5, 0.6) is 11.6 Å². The number of nitrogens with zero attached hydrogens (tertiary/aromatic N) is 2. The Bertz CT molecular complexity index is 535. The van der Waals surface area contributed by atoms with E-state index in [0.29, 0.717) is 11.7 Å². The first-order valence-electron chi connectivity index (χ1n) is 5.42. The molecule has 17 heavy (non-hydrogen) atoms. The maximum Gasteiger partial charge on any atom is 0.239 e. The molecule has 1 heterocycles. The summed E-state index contributed by atoms with van der Waals surface area (Å²) in [6.45, 7) is 6.09.